The summed E-state index contributed by atoms with van der Waals surface area (Å²) in [4.78, 5) is 20.6. The normalized spacial score (nSPS) is 11.3. The van der Waals surface area contributed by atoms with Crippen molar-refractivity contribution in [3.63, 3.8) is 0 Å². The average molecular weight is 342 g/mol. The Morgan fingerprint density at radius 3 is 3.00 bits per heavy atom. The first-order chi connectivity index (χ1) is 10.2. The molecule has 0 amide bonds. The number of benzene rings is 1. The van der Waals surface area contributed by atoms with Crippen molar-refractivity contribution in [3.8, 4) is 11.3 Å². The Morgan fingerprint density at radius 1 is 1.24 bits per heavy atom. The molecule has 1 aromatic carbocycles. The number of imidazole rings is 1. The van der Waals surface area contributed by atoms with Crippen molar-refractivity contribution in [1.29, 1.82) is 0 Å². The van der Waals surface area contributed by atoms with E-state index in [0.717, 1.165) is 9.86 Å². The molecule has 4 aromatic rings. The zero-order valence-electron chi connectivity index (χ0n) is 10.7. The van der Waals surface area contributed by atoms with E-state index < -0.39 is 5.63 Å². The topological polar surface area (TPSA) is 60.4 Å². The summed E-state index contributed by atoms with van der Waals surface area (Å²) < 4.78 is 8.04. The zero-order valence-corrected chi connectivity index (χ0v) is 12.2. The minimum atomic E-state index is -0.409. The first kappa shape index (κ1) is 12.3. The summed E-state index contributed by atoms with van der Waals surface area (Å²) in [5, 5.41) is 0.837. The summed E-state index contributed by atoms with van der Waals surface area (Å²) in [6, 6.07) is 9.08. The van der Waals surface area contributed by atoms with E-state index in [4.69, 9.17) is 4.42 Å². The average Bonchev–Trinajstić information content (AvgIpc) is 2.90. The predicted octanol–water partition coefficient (Wildman–Crippen LogP) is 3.27. The Kier molecular flexibility index (Phi) is 2.65. The van der Waals surface area contributed by atoms with Crippen LogP contribution in [0.3, 0.4) is 0 Å². The number of hydrogen-bond donors (Lipinski definition) is 0. The standard InChI is InChI=1S/C15H8BrN3O2/c16-10-2-3-13-9(6-10)7-11(14(20)21-13)12-8-19-5-1-4-17-15(19)18-12/h1-8H. The molecule has 0 N–H and O–H groups in total. The van der Waals surface area contributed by atoms with Crippen LogP contribution in [-0.4, -0.2) is 14.4 Å². The van der Waals surface area contributed by atoms with Crippen LogP contribution in [-0.2, 0) is 0 Å². The van der Waals surface area contributed by atoms with Crippen molar-refractivity contribution < 1.29 is 4.42 Å². The molecule has 6 heteroatoms. The second-order valence-electron chi connectivity index (χ2n) is 4.58. The first-order valence-corrected chi connectivity index (χ1v) is 7.03. The highest BCUT2D eigenvalue weighted by atomic mass is 79.9. The first-order valence-electron chi connectivity index (χ1n) is 6.24. The minimum Gasteiger partial charge on any atom is -0.422 e. The Hall–Kier alpha value is -2.47. The van der Waals surface area contributed by atoms with Gasteiger partial charge in [-0.1, -0.05) is 15.9 Å². The minimum absolute atomic E-state index is 0.409. The van der Waals surface area contributed by atoms with Gasteiger partial charge in [0.25, 0.3) is 0 Å². The van der Waals surface area contributed by atoms with E-state index in [-0.39, 0.29) is 0 Å². The number of fused-ring (bicyclic) bond motifs is 2. The quantitative estimate of drug-likeness (QED) is 0.498. The lowest BCUT2D eigenvalue weighted by Gasteiger charge is -2.00. The van der Waals surface area contributed by atoms with Gasteiger partial charge in [0.1, 0.15) is 5.58 Å². The molecule has 0 saturated carbocycles. The van der Waals surface area contributed by atoms with Gasteiger partial charge >= 0.3 is 5.63 Å². The molecule has 0 aliphatic heterocycles. The highest BCUT2D eigenvalue weighted by Crippen LogP contribution is 2.23. The molecule has 0 spiro atoms. The molecule has 4 rings (SSSR count). The maximum absolute atomic E-state index is 12.1. The number of rotatable bonds is 1. The van der Waals surface area contributed by atoms with Crippen LogP contribution in [0.25, 0.3) is 28.0 Å². The summed E-state index contributed by atoms with van der Waals surface area (Å²) in [5.74, 6) is 0.543. The van der Waals surface area contributed by atoms with E-state index >= 15 is 0 Å². The Labute approximate surface area is 127 Å². The third-order valence-electron chi connectivity index (χ3n) is 3.21. The van der Waals surface area contributed by atoms with Crippen molar-refractivity contribution in [2.24, 2.45) is 0 Å². The van der Waals surface area contributed by atoms with E-state index in [9.17, 15) is 4.79 Å². The summed E-state index contributed by atoms with van der Waals surface area (Å²) in [6.45, 7) is 0. The van der Waals surface area contributed by atoms with Gasteiger partial charge in [-0.3, -0.25) is 4.40 Å². The second kappa shape index (κ2) is 4.53. The molecule has 0 saturated heterocycles. The molecule has 0 radical (unpaired) electrons. The Balaban J connectivity index is 2.00. The second-order valence-corrected chi connectivity index (χ2v) is 5.50. The molecule has 0 aliphatic carbocycles. The smallest absolute Gasteiger partial charge is 0.345 e. The summed E-state index contributed by atoms with van der Waals surface area (Å²) in [6.07, 6.45) is 5.25. The molecule has 5 nitrogen and oxygen atoms in total. The molecule has 3 aromatic heterocycles. The van der Waals surface area contributed by atoms with Gasteiger partial charge in [0.05, 0.1) is 11.3 Å². The molecule has 3 heterocycles. The Bertz CT molecular complexity index is 1000. The van der Waals surface area contributed by atoms with Crippen molar-refractivity contribution >= 4 is 32.7 Å². The van der Waals surface area contributed by atoms with Gasteiger partial charge < -0.3 is 4.42 Å². The molecule has 0 unspecified atom stereocenters. The maximum atomic E-state index is 12.1. The highest BCUT2D eigenvalue weighted by molar-refractivity contribution is 9.10. The van der Waals surface area contributed by atoms with Crippen molar-refractivity contribution in [3.05, 3.63) is 63.8 Å². The van der Waals surface area contributed by atoms with Crippen LogP contribution >= 0.6 is 15.9 Å². The SMILES string of the molecule is O=c1oc2ccc(Br)cc2cc1-c1cn2cccnc2n1. The van der Waals surface area contributed by atoms with E-state index in [0.29, 0.717) is 22.6 Å². The van der Waals surface area contributed by atoms with Crippen molar-refractivity contribution in [2.75, 3.05) is 0 Å². The molecule has 0 bridgehead atoms. The molecule has 0 fully saturated rings. The number of hydrogen-bond acceptors (Lipinski definition) is 4. The highest BCUT2D eigenvalue weighted by Gasteiger charge is 2.12. The van der Waals surface area contributed by atoms with Crippen LogP contribution in [0.5, 0.6) is 0 Å². The number of nitrogens with zero attached hydrogens (tertiary/aromatic N) is 3. The Morgan fingerprint density at radius 2 is 2.14 bits per heavy atom. The third-order valence-corrected chi connectivity index (χ3v) is 3.70. The molecular weight excluding hydrogens is 334 g/mol. The van der Waals surface area contributed by atoms with Crippen LogP contribution in [0.15, 0.2) is 62.6 Å². The number of halogens is 1. The zero-order chi connectivity index (χ0) is 14.4. The lowest BCUT2D eigenvalue weighted by molar-refractivity contribution is 0.563. The van der Waals surface area contributed by atoms with E-state index in [1.807, 2.05) is 18.3 Å². The predicted molar refractivity (Wildman–Crippen MR) is 82.2 cm³/mol. The lowest BCUT2D eigenvalue weighted by atomic mass is 10.1. The van der Waals surface area contributed by atoms with Gasteiger partial charge in [0, 0.05) is 28.4 Å². The van der Waals surface area contributed by atoms with Crippen LogP contribution < -0.4 is 5.63 Å². The fourth-order valence-electron chi connectivity index (χ4n) is 2.23. The molecule has 0 aliphatic rings. The number of aromatic nitrogens is 3. The van der Waals surface area contributed by atoms with E-state index in [1.165, 1.54) is 0 Å². The fraction of sp³-hybridized carbons (Fsp3) is 0. The van der Waals surface area contributed by atoms with Gasteiger partial charge in [-0.05, 0) is 30.3 Å². The van der Waals surface area contributed by atoms with Gasteiger partial charge in [-0.2, -0.15) is 0 Å². The monoisotopic (exact) mass is 341 g/mol. The van der Waals surface area contributed by atoms with E-state index in [2.05, 4.69) is 25.9 Å². The lowest BCUT2D eigenvalue weighted by Crippen LogP contribution is -2.02. The van der Waals surface area contributed by atoms with Gasteiger partial charge in [0.15, 0.2) is 0 Å². The summed E-state index contributed by atoms with van der Waals surface area (Å²) in [7, 11) is 0. The largest absolute Gasteiger partial charge is 0.422 e. The molecule has 21 heavy (non-hydrogen) atoms. The van der Waals surface area contributed by atoms with Gasteiger partial charge in [-0.25, -0.2) is 14.8 Å². The fourth-order valence-corrected chi connectivity index (χ4v) is 2.61. The molecule has 0 atom stereocenters. The third kappa shape index (κ3) is 2.04. The van der Waals surface area contributed by atoms with Crippen molar-refractivity contribution in [1.82, 2.24) is 14.4 Å². The van der Waals surface area contributed by atoms with Crippen LogP contribution in [0, 0.1) is 0 Å². The maximum Gasteiger partial charge on any atom is 0.345 e. The van der Waals surface area contributed by atoms with E-state index in [1.54, 1.807) is 35.0 Å². The summed E-state index contributed by atoms with van der Waals surface area (Å²) >= 11 is 3.41. The van der Waals surface area contributed by atoms with Gasteiger partial charge in [-0.15, -0.1) is 0 Å². The van der Waals surface area contributed by atoms with Crippen LogP contribution in [0.1, 0.15) is 0 Å². The van der Waals surface area contributed by atoms with Crippen LogP contribution in [0.4, 0.5) is 0 Å². The molecular formula is C15H8BrN3O2. The van der Waals surface area contributed by atoms with Crippen molar-refractivity contribution in [2.45, 2.75) is 0 Å². The van der Waals surface area contributed by atoms with Crippen LogP contribution in [0.2, 0.25) is 0 Å². The van der Waals surface area contributed by atoms with Gasteiger partial charge in [0.2, 0.25) is 5.78 Å². The summed E-state index contributed by atoms with van der Waals surface area (Å²) in [5.41, 5.74) is 1.11. The molecule has 102 valence electrons.